The topological polar surface area (TPSA) is 56.9 Å². The van der Waals surface area contributed by atoms with Crippen molar-refractivity contribution in [2.75, 3.05) is 7.11 Å². The number of aryl methyl sites for hydroxylation is 1. The summed E-state index contributed by atoms with van der Waals surface area (Å²) in [5, 5.41) is 12.5. The summed E-state index contributed by atoms with van der Waals surface area (Å²) in [4.78, 5) is 0. The molecule has 0 aliphatic carbocycles. The molecule has 0 aliphatic heterocycles. The van der Waals surface area contributed by atoms with Crippen LogP contribution >= 0.6 is 0 Å². The van der Waals surface area contributed by atoms with Crippen LogP contribution in [0, 0.1) is 12.7 Å². The van der Waals surface area contributed by atoms with E-state index in [4.69, 9.17) is 9.84 Å². The van der Waals surface area contributed by atoms with Crippen LogP contribution in [-0.2, 0) is 20.1 Å². The fraction of sp³-hybridized carbons (Fsp3) is 0.217. The Bertz CT molecular complexity index is 1150. The molecule has 7 heteroatoms. The minimum Gasteiger partial charge on any atom is -0.497 e. The van der Waals surface area contributed by atoms with Gasteiger partial charge in [0, 0.05) is 48.7 Å². The number of nitrogens with one attached hydrogen (secondary N) is 1. The van der Waals surface area contributed by atoms with Gasteiger partial charge in [0.15, 0.2) is 0 Å². The van der Waals surface area contributed by atoms with Gasteiger partial charge in [-0.05, 0) is 43.3 Å². The highest BCUT2D eigenvalue weighted by atomic mass is 19.1. The number of benzene rings is 2. The SMILES string of the molecule is COc1ccc(-n2cc(CNCc3cnn(C)c3C)c(-c3cccc(F)c3)n2)cc1. The zero-order valence-electron chi connectivity index (χ0n) is 17.3. The van der Waals surface area contributed by atoms with Crippen LogP contribution in [0.5, 0.6) is 5.75 Å². The van der Waals surface area contributed by atoms with Crippen molar-refractivity contribution in [1.29, 1.82) is 0 Å². The van der Waals surface area contributed by atoms with Crippen LogP contribution in [0.2, 0.25) is 0 Å². The number of ether oxygens (including phenoxy) is 1. The number of hydrogen-bond acceptors (Lipinski definition) is 4. The predicted molar refractivity (Wildman–Crippen MR) is 114 cm³/mol. The fourth-order valence-electron chi connectivity index (χ4n) is 3.33. The molecule has 0 aliphatic rings. The van der Waals surface area contributed by atoms with Crippen LogP contribution in [-0.4, -0.2) is 26.7 Å². The molecule has 6 nitrogen and oxygen atoms in total. The van der Waals surface area contributed by atoms with Gasteiger partial charge in [0.1, 0.15) is 11.6 Å². The molecule has 0 saturated carbocycles. The van der Waals surface area contributed by atoms with Crippen molar-refractivity contribution < 1.29 is 9.13 Å². The van der Waals surface area contributed by atoms with Crippen LogP contribution in [0.25, 0.3) is 16.9 Å². The minimum atomic E-state index is -0.281. The highest BCUT2D eigenvalue weighted by molar-refractivity contribution is 5.63. The van der Waals surface area contributed by atoms with E-state index in [0.717, 1.165) is 39.5 Å². The maximum atomic E-state index is 13.8. The molecule has 4 rings (SSSR count). The molecule has 2 aromatic heterocycles. The lowest BCUT2D eigenvalue weighted by molar-refractivity contribution is 0.414. The van der Waals surface area contributed by atoms with Gasteiger partial charge in [-0.25, -0.2) is 9.07 Å². The van der Waals surface area contributed by atoms with Gasteiger partial charge in [-0.1, -0.05) is 12.1 Å². The number of hydrogen-bond donors (Lipinski definition) is 1. The molecule has 0 amide bonds. The zero-order chi connectivity index (χ0) is 21.1. The highest BCUT2D eigenvalue weighted by Gasteiger charge is 2.13. The summed E-state index contributed by atoms with van der Waals surface area (Å²) < 4.78 is 22.7. The van der Waals surface area contributed by atoms with E-state index in [9.17, 15) is 4.39 Å². The van der Waals surface area contributed by atoms with Crippen molar-refractivity contribution in [3.63, 3.8) is 0 Å². The van der Waals surface area contributed by atoms with Crippen molar-refractivity contribution in [3.05, 3.63) is 83.6 Å². The molecule has 154 valence electrons. The second-order valence-electron chi connectivity index (χ2n) is 7.14. The Morgan fingerprint density at radius 3 is 2.50 bits per heavy atom. The standard InChI is InChI=1S/C23H24FN5O/c1-16-18(14-26-28(16)2)12-25-13-19-15-29(21-7-9-22(30-3)10-8-21)27-23(19)17-5-4-6-20(24)11-17/h4-11,14-15,25H,12-13H2,1-3H3. The summed E-state index contributed by atoms with van der Waals surface area (Å²) in [5.41, 5.74) is 5.66. The molecule has 0 fully saturated rings. The molecule has 0 atom stereocenters. The molecule has 0 bridgehead atoms. The first-order valence-corrected chi connectivity index (χ1v) is 9.72. The lowest BCUT2D eigenvalue weighted by atomic mass is 10.1. The third-order valence-corrected chi connectivity index (χ3v) is 5.19. The largest absolute Gasteiger partial charge is 0.497 e. The van der Waals surface area contributed by atoms with E-state index in [1.54, 1.807) is 13.2 Å². The van der Waals surface area contributed by atoms with Crippen LogP contribution in [0.3, 0.4) is 0 Å². The van der Waals surface area contributed by atoms with Gasteiger partial charge in [0.25, 0.3) is 0 Å². The van der Waals surface area contributed by atoms with Gasteiger partial charge in [0.05, 0.1) is 24.7 Å². The van der Waals surface area contributed by atoms with E-state index < -0.39 is 0 Å². The lowest BCUT2D eigenvalue weighted by Gasteiger charge is -2.05. The van der Waals surface area contributed by atoms with Gasteiger partial charge < -0.3 is 10.1 Å². The monoisotopic (exact) mass is 405 g/mol. The van der Waals surface area contributed by atoms with E-state index in [0.29, 0.717) is 13.1 Å². The Kier molecular flexibility index (Phi) is 5.63. The average molecular weight is 405 g/mol. The van der Waals surface area contributed by atoms with E-state index in [1.165, 1.54) is 12.1 Å². The molecule has 4 aromatic rings. The van der Waals surface area contributed by atoms with E-state index >= 15 is 0 Å². The van der Waals surface area contributed by atoms with Crippen LogP contribution in [0.4, 0.5) is 4.39 Å². The average Bonchev–Trinajstić information content (AvgIpc) is 3.33. The van der Waals surface area contributed by atoms with Gasteiger partial charge in [-0.2, -0.15) is 10.2 Å². The third kappa shape index (κ3) is 4.11. The summed E-state index contributed by atoms with van der Waals surface area (Å²) in [5.74, 6) is 0.501. The molecule has 1 N–H and O–H groups in total. The van der Waals surface area contributed by atoms with Gasteiger partial charge >= 0.3 is 0 Å². The van der Waals surface area contributed by atoms with Crippen molar-refractivity contribution in [1.82, 2.24) is 24.9 Å². The quantitative estimate of drug-likeness (QED) is 0.505. The second kappa shape index (κ2) is 8.51. The number of nitrogens with zero attached hydrogens (tertiary/aromatic N) is 4. The second-order valence-corrected chi connectivity index (χ2v) is 7.14. The van der Waals surface area contributed by atoms with Crippen LogP contribution in [0.15, 0.2) is 60.9 Å². The normalized spacial score (nSPS) is 11.1. The van der Waals surface area contributed by atoms with Crippen LogP contribution < -0.4 is 10.1 Å². The van der Waals surface area contributed by atoms with Crippen molar-refractivity contribution in [2.45, 2.75) is 20.0 Å². The number of aromatic nitrogens is 4. The Labute approximate surface area is 174 Å². The van der Waals surface area contributed by atoms with Crippen molar-refractivity contribution >= 4 is 0 Å². The smallest absolute Gasteiger partial charge is 0.123 e. The Hall–Kier alpha value is -3.45. The van der Waals surface area contributed by atoms with Crippen molar-refractivity contribution in [2.24, 2.45) is 7.05 Å². The summed E-state index contributed by atoms with van der Waals surface area (Å²) in [7, 11) is 3.57. The molecular weight excluding hydrogens is 381 g/mol. The fourth-order valence-corrected chi connectivity index (χ4v) is 3.33. The summed E-state index contributed by atoms with van der Waals surface area (Å²) >= 11 is 0. The lowest BCUT2D eigenvalue weighted by Crippen LogP contribution is -2.13. The van der Waals surface area contributed by atoms with Gasteiger partial charge in [-0.3, -0.25) is 4.68 Å². The molecule has 30 heavy (non-hydrogen) atoms. The first kappa shape index (κ1) is 19.8. The zero-order valence-corrected chi connectivity index (χ0v) is 17.3. The molecule has 0 unspecified atom stereocenters. The van der Waals surface area contributed by atoms with E-state index in [1.807, 2.05) is 66.1 Å². The maximum Gasteiger partial charge on any atom is 0.123 e. The molecule has 0 saturated heterocycles. The first-order valence-electron chi connectivity index (χ1n) is 9.72. The maximum absolute atomic E-state index is 13.8. The van der Waals surface area contributed by atoms with E-state index in [-0.39, 0.29) is 5.82 Å². The van der Waals surface area contributed by atoms with Crippen molar-refractivity contribution in [3.8, 4) is 22.7 Å². The third-order valence-electron chi connectivity index (χ3n) is 5.19. The summed E-state index contributed by atoms with van der Waals surface area (Å²) in [6.07, 6.45) is 3.85. The highest BCUT2D eigenvalue weighted by Crippen LogP contribution is 2.25. The van der Waals surface area contributed by atoms with Crippen LogP contribution in [0.1, 0.15) is 16.8 Å². The van der Waals surface area contributed by atoms with E-state index in [2.05, 4.69) is 10.4 Å². The predicted octanol–water partition coefficient (Wildman–Crippen LogP) is 4.02. The number of methoxy groups -OCH3 is 1. The molecular formula is C23H24FN5O. The number of rotatable bonds is 7. The first-order chi connectivity index (χ1) is 14.5. The van der Waals surface area contributed by atoms with Gasteiger partial charge in [0.2, 0.25) is 0 Å². The van der Waals surface area contributed by atoms with Gasteiger partial charge in [-0.15, -0.1) is 0 Å². The Balaban J connectivity index is 1.62. The summed E-state index contributed by atoms with van der Waals surface area (Å²) in [6.45, 7) is 3.33. The summed E-state index contributed by atoms with van der Waals surface area (Å²) in [6, 6.07) is 14.2. The number of halogens is 1. The Morgan fingerprint density at radius 1 is 1.07 bits per heavy atom. The molecule has 0 radical (unpaired) electrons. The minimum absolute atomic E-state index is 0.281. The molecule has 0 spiro atoms. The molecule has 2 heterocycles. The molecule has 2 aromatic carbocycles. The Morgan fingerprint density at radius 2 is 1.83 bits per heavy atom.